The van der Waals surface area contributed by atoms with Gasteiger partial charge in [-0.2, -0.15) is 0 Å². The van der Waals surface area contributed by atoms with Gasteiger partial charge in [-0.25, -0.2) is 4.57 Å². The van der Waals surface area contributed by atoms with Crippen LogP contribution < -0.4 is 0 Å². The summed E-state index contributed by atoms with van der Waals surface area (Å²) < 4.78 is 8.46. The third-order valence-electron chi connectivity index (χ3n) is 0. The molecule has 0 aromatic rings. The van der Waals surface area contributed by atoms with E-state index in [-0.39, 0.29) is 7.43 Å². The van der Waals surface area contributed by atoms with Crippen molar-refractivity contribution in [2.24, 2.45) is 0 Å². The monoisotopic (exact) mass is 80.0 g/mol. The molecule has 0 aliphatic heterocycles. The van der Waals surface area contributed by atoms with Crippen LogP contribution in [0, 0.1) is 0 Å². The standard InChI is InChI=1S/CH4.HO2P/c;1-3-2/h1H4;(H,1,2). The molecule has 0 unspecified atom stereocenters. The maximum atomic E-state index is 8.46. The second-order valence-corrected chi connectivity index (χ2v) is 0.245. The minimum Gasteiger partial charge on any atom is -0.310 e. The van der Waals surface area contributed by atoms with E-state index in [4.69, 9.17) is 9.46 Å². The molecular weight excluding hydrogens is 75.0 g/mol. The molecule has 1 N–H and O–H groups in total. The van der Waals surface area contributed by atoms with Gasteiger partial charge in [-0.15, -0.1) is 0 Å². The maximum absolute atomic E-state index is 8.46. The molecule has 4 heavy (non-hydrogen) atoms. The normalized spacial score (nSPS) is 5.25. The van der Waals surface area contributed by atoms with Crippen molar-refractivity contribution in [1.29, 1.82) is 0 Å². The van der Waals surface area contributed by atoms with Crippen LogP contribution in [-0.4, -0.2) is 4.89 Å². The fraction of sp³-hybridized carbons (Fsp3) is 1.00. The SMILES string of the molecule is C.O=PO. The Bertz CT molecular complexity index is 13.5. The molecule has 3 heteroatoms. The van der Waals surface area contributed by atoms with E-state index in [9.17, 15) is 0 Å². The fourth-order valence-corrected chi connectivity index (χ4v) is 0. The second kappa shape index (κ2) is 11.6. The van der Waals surface area contributed by atoms with Crippen molar-refractivity contribution in [2.45, 2.75) is 7.43 Å². The Morgan fingerprint density at radius 3 is 1.75 bits per heavy atom. The first-order valence-corrected chi connectivity index (χ1v) is 1.15. The van der Waals surface area contributed by atoms with Gasteiger partial charge in [-0.05, 0) is 0 Å². The van der Waals surface area contributed by atoms with Crippen LogP contribution in [0.5, 0.6) is 0 Å². The van der Waals surface area contributed by atoms with E-state index < -0.39 is 8.69 Å². The van der Waals surface area contributed by atoms with Gasteiger partial charge >= 0.3 is 8.69 Å². The van der Waals surface area contributed by atoms with Gasteiger partial charge in [0.15, 0.2) is 0 Å². The van der Waals surface area contributed by atoms with Crippen molar-refractivity contribution >= 4 is 8.69 Å². The van der Waals surface area contributed by atoms with Crippen LogP contribution in [0.2, 0.25) is 0 Å². The molecular formula is CH5O2P. The minimum atomic E-state index is -0.833. The Hall–Kier alpha value is 0.0600. The number of rotatable bonds is 0. The summed E-state index contributed by atoms with van der Waals surface area (Å²) >= 11 is 0. The van der Waals surface area contributed by atoms with Gasteiger partial charge in [-0.1, -0.05) is 7.43 Å². The zero-order valence-corrected chi connectivity index (χ0v) is 2.20. The predicted octanol–water partition coefficient (Wildman–Crippen LogP) is 0.821. The van der Waals surface area contributed by atoms with E-state index in [0.29, 0.717) is 0 Å². The van der Waals surface area contributed by atoms with Gasteiger partial charge in [-0.3, -0.25) is 0 Å². The average molecular weight is 80.0 g/mol. The predicted molar refractivity (Wildman–Crippen MR) is 16.6 cm³/mol. The molecule has 26 valence electrons. The highest BCUT2D eigenvalue weighted by Crippen LogP contribution is 1.66. The Kier molecular flexibility index (Phi) is 25.9. The largest absolute Gasteiger partial charge is 0.324 e. The van der Waals surface area contributed by atoms with E-state index in [1.165, 1.54) is 0 Å². The third kappa shape index (κ3) is 643. The molecule has 0 aromatic carbocycles. The second-order valence-electron chi connectivity index (χ2n) is 0.0816. The highest BCUT2D eigenvalue weighted by atomic mass is 31.1. The molecule has 0 aliphatic rings. The smallest absolute Gasteiger partial charge is 0.310 e. The summed E-state index contributed by atoms with van der Waals surface area (Å²) in [7, 11) is -0.833. The molecule has 0 heterocycles. The van der Waals surface area contributed by atoms with Gasteiger partial charge in [0.1, 0.15) is 0 Å². The quantitative estimate of drug-likeness (QED) is 0.437. The molecule has 0 spiro atoms. The van der Waals surface area contributed by atoms with Gasteiger partial charge in [0, 0.05) is 0 Å². The molecule has 0 aliphatic carbocycles. The summed E-state index contributed by atoms with van der Waals surface area (Å²) in [5.74, 6) is 0. The lowest BCUT2D eigenvalue weighted by Crippen LogP contribution is -1.03. The van der Waals surface area contributed by atoms with E-state index in [0.717, 1.165) is 0 Å². The minimum absolute atomic E-state index is 0. The molecule has 0 saturated carbocycles. The molecule has 0 saturated heterocycles. The molecule has 0 radical (unpaired) electrons. The molecule has 0 amide bonds. The topological polar surface area (TPSA) is 37.3 Å². The van der Waals surface area contributed by atoms with E-state index in [1.807, 2.05) is 0 Å². The van der Waals surface area contributed by atoms with Crippen molar-refractivity contribution in [3.8, 4) is 0 Å². The van der Waals surface area contributed by atoms with Gasteiger partial charge < -0.3 is 4.89 Å². The summed E-state index contributed by atoms with van der Waals surface area (Å²) in [6, 6.07) is 0. The average Bonchev–Trinajstić information content (AvgIpc) is 0.918. The molecule has 0 aromatic heterocycles. The number of hydrogen-bond acceptors (Lipinski definition) is 1. The van der Waals surface area contributed by atoms with Crippen LogP contribution in [0.3, 0.4) is 0 Å². The van der Waals surface area contributed by atoms with E-state index in [2.05, 4.69) is 0 Å². The van der Waals surface area contributed by atoms with Crippen LogP contribution in [0.1, 0.15) is 7.43 Å². The van der Waals surface area contributed by atoms with Crippen LogP contribution in [0.4, 0.5) is 0 Å². The fourth-order valence-electron chi connectivity index (χ4n) is 0. The van der Waals surface area contributed by atoms with Crippen LogP contribution in [0.15, 0.2) is 0 Å². The van der Waals surface area contributed by atoms with Gasteiger partial charge in [0.2, 0.25) is 0 Å². The van der Waals surface area contributed by atoms with Crippen molar-refractivity contribution < 1.29 is 9.46 Å². The van der Waals surface area contributed by atoms with Crippen LogP contribution >= 0.6 is 8.69 Å². The van der Waals surface area contributed by atoms with Crippen LogP contribution in [0.25, 0.3) is 0 Å². The lowest BCUT2D eigenvalue weighted by Gasteiger charge is -1.24. The van der Waals surface area contributed by atoms with Gasteiger partial charge in [0.25, 0.3) is 0 Å². The summed E-state index contributed by atoms with van der Waals surface area (Å²) in [4.78, 5) is 6.99. The molecule has 2 nitrogen and oxygen atoms in total. The Morgan fingerprint density at radius 1 is 1.75 bits per heavy atom. The molecule has 0 rings (SSSR count). The summed E-state index contributed by atoms with van der Waals surface area (Å²) in [5, 5.41) is 0. The number of hydrogen-bond donors (Lipinski definition) is 1. The molecule has 0 bridgehead atoms. The van der Waals surface area contributed by atoms with Crippen molar-refractivity contribution in [3.05, 3.63) is 0 Å². The Labute approximate surface area is 26.7 Å². The van der Waals surface area contributed by atoms with Gasteiger partial charge in [0.05, 0.1) is 0 Å². The Morgan fingerprint density at radius 2 is 1.75 bits per heavy atom. The first-order valence-electron chi connectivity index (χ1n) is 0.383. The first kappa shape index (κ1) is 8.96. The highest BCUT2D eigenvalue weighted by Gasteiger charge is 1.28. The summed E-state index contributed by atoms with van der Waals surface area (Å²) in [5.41, 5.74) is 0. The summed E-state index contributed by atoms with van der Waals surface area (Å²) in [6.07, 6.45) is 0. The zero-order chi connectivity index (χ0) is 2.71. The third-order valence-corrected chi connectivity index (χ3v) is 0. The zero-order valence-electron chi connectivity index (χ0n) is 1.30. The molecule has 0 fully saturated rings. The van der Waals surface area contributed by atoms with Crippen molar-refractivity contribution in [2.75, 3.05) is 0 Å². The maximum Gasteiger partial charge on any atom is 0.324 e. The van der Waals surface area contributed by atoms with Crippen molar-refractivity contribution in [3.63, 3.8) is 0 Å². The first-order chi connectivity index (χ1) is 1.41. The van der Waals surface area contributed by atoms with E-state index in [1.54, 1.807) is 0 Å². The Balaban J connectivity index is 0. The summed E-state index contributed by atoms with van der Waals surface area (Å²) in [6.45, 7) is 0. The lowest BCUT2D eigenvalue weighted by molar-refractivity contribution is 0.524. The van der Waals surface area contributed by atoms with E-state index >= 15 is 0 Å². The van der Waals surface area contributed by atoms with Crippen molar-refractivity contribution in [1.82, 2.24) is 0 Å². The molecule has 0 atom stereocenters. The highest BCUT2D eigenvalue weighted by molar-refractivity contribution is 7.16. The van der Waals surface area contributed by atoms with Crippen LogP contribution in [-0.2, 0) is 4.57 Å². The lowest BCUT2D eigenvalue weighted by atomic mass is 12.0.